The number of nitrogens with zero attached hydrogens (tertiary/aromatic N) is 3. The number of carbonyl (C=O) groups excluding carboxylic acids is 1. The summed E-state index contributed by atoms with van der Waals surface area (Å²) in [5.41, 5.74) is -0.584. The number of rotatable bonds is 3. The number of carbonyl (C=O) groups is 1. The van der Waals surface area contributed by atoms with E-state index < -0.39 is 11.5 Å². The molecule has 2 aliphatic rings. The first-order valence-electron chi connectivity index (χ1n) is 7.37. The van der Waals surface area contributed by atoms with Gasteiger partial charge < -0.3 is 14.5 Å². The van der Waals surface area contributed by atoms with Gasteiger partial charge in [-0.05, 0) is 31.4 Å². The molecule has 1 aromatic rings. The van der Waals surface area contributed by atoms with Gasteiger partial charge in [0.15, 0.2) is 0 Å². The average molecular weight is 293 g/mol. The maximum absolute atomic E-state index is 13.2. The minimum atomic E-state index is -0.584. The van der Waals surface area contributed by atoms with Crippen LogP contribution in [0.4, 0.5) is 10.2 Å². The summed E-state index contributed by atoms with van der Waals surface area (Å²) in [6.45, 7) is 2.59. The first-order chi connectivity index (χ1) is 10.1. The van der Waals surface area contributed by atoms with Gasteiger partial charge in [0.05, 0.1) is 0 Å². The Morgan fingerprint density at radius 2 is 2.00 bits per heavy atom. The molecule has 0 radical (unpaired) electrons. The second-order valence-electron chi connectivity index (χ2n) is 5.65. The van der Waals surface area contributed by atoms with Crippen molar-refractivity contribution in [3.63, 3.8) is 0 Å². The van der Waals surface area contributed by atoms with Crippen molar-refractivity contribution in [2.24, 2.45) is 0 Å². The predicted molar refractivity (Wildman–Crippen MR) is 76.6 cm³/mol. The maximum Gasteiger partial charge on any atom is 0.254 e. The molecule has 1 aliphatic heterocycles. The lowest BCUT2D eigenvalue weighted by Gasteiger charge is -2.44. The number of amides is 1. The number of hydrogen-bond acceptors (Lipinski definition) is 4. The highest BCUT2D eigenvalue weighted by atomic mass is 19.1. The molecule has 0 aromatic carbocycles. The molecule has 1 aromatic heterocycles. The van der Waals surface area contributed by atoms with Crippen LogP contribution in [0.3, 0.4) is 0 Å². The Morgan fingerprint density at radius 3 is 2.52 bits per heavy atom. The quantitative estimate of drug-likeness (QED) is 0.791. The number of piperazine rings is 1. The van der Waals surface area contributed by atoms with Gasteiger partial charge in [-0.25, -0.2) is 4.98 Å². The van der Waals surface area contributed by atoms with E-state index >= 15 is 0 Å². The van der Waals surface area contributed by atoms with E-state index in [4.69, 9.17) is 4.74 Å². The Balaban J connectivity index is 1.61. The zero-order valence-electron chi connectivity index (χ0n) is 12.2. The molecule has 1 amide bonds. The summed E-state index contributed by atoms with van der Waals surface area (Å²) in [6.07, 6.45) is 2.68. The van der Waals surface area contributed by atoms with Gasteiger partial charge in [0.1, 0.15) is 11.4 Å². The summed E-state index contributed by atoms with van der Waals surface area (Å²) in [4.78, 5) is 20.3. The van der Waals surface area contributed by atoms with E-state index in [0.717, 1.165) is 19.3 Å². The van der Waals surface area contributed by atoms with E-state index in [9.17, 15) is 9.18 Å². The maximum atomic E-state index is 13.2. The summed E-state index contributed by atoms with van der Waals surface area (Å²) in [7, 11) is 1.62. The van der Waals surface area contributed by atoms with E-state index in [1.807, 2.05) is 9.80 Å². The minimum absolute atomic E-state index is 0.100. The molecule has 114 valence electrons. The normalized spacial score (nSPS) is 21.0. The Morgan fingerprint density at radius 1 is 1.29 bits per heavy atom. The van der Waals surface area contributed by atoms with Crippen LogP contribution in [0.25, 0.3) is 0 Å². The van der Waals surface area contributed by atoms with Crippen LogP contribution in [-0.4, -0.2) is 54.7 Å². The molecule has 3 rings (SSSR count). The lowest BCUT2D eigenvalue weighted by atomic mass is 9.78. The van der Waals surface area contributed by atoms with Crippen LogP contribution in [0.1, 0.15) is 19.3 Å². The van der Waals surface area contributed by atoms with E-state index in [0.29, 0.717) is 32.0 Å². The van der Waals surface area contributed by atoms with Gasteiger partial charge in [-0.15, -0.1) is 0 Å². The molecule has 0 unspecified atom stereocenters. The molecule has 6 heteroatoms. The third kappa shape index (κ3) is 2.60. The number of aromatic nitrogens is 1. The van der Waals surface area contributed by atoms with Crippen LogP contribution in [0.5, 0.6) is 0 Å². The zero-order chi connectivity index (χ0) is 14.9. The molecule has 0 atom stereocenters. The molecule has 1 saturated carbocycles. The van der Waals surface area contributed by atoms with Crippen molar-refractivity contribution in [1.29, 1.82) is 0 Å². The van der Waals surface area contributed by atoms with Crippen molar-refractivity contribution in [1.82, 2.24) is 9.88 Å². The van der Waals surface area contributed by atoms with Crippen LogP contribution in [0, 0.1) is 5.95 Å². The van der Waals surface area contributed by atoms with Crippen LogP contribution < -0.4 is 4.90 Å². The molecule has 0 N–H and O–H groups in total. The van der Waals surface area contributed by atoms with Crippen molar-refractivity contribution in [3.8, 4) is 0 Å². The number of hydrogen-bond donors (Lipinski definition) is 0. The van der Waals surface area contributed by atoms with Gasteiger partial charge in [-0.2, -0.15) is 4.39 Å². The smallest absolute Gasteiger partial charge is 0.254 e. The average Bonchev–Trinajstić information content (AvgIpc) is 2.47. The second kappa shape index (κ2) is 5.60. The molecule has 0 bridgehead atoms. The van der Waals surface area contributed by atoms with Crippen molar-refractivity contribution in [2.75, 3.05) is 38.2 Å². The van der Waals surface area contributed by atoms with Crippen molar-refractivity contribution < 1.29 is 13.9 Å². The van der Waals surface area contributed by atoms with Crippen LogP contribution in [-0.2, 0) is 9.53 Å². The first kappa shape index (κ1) is 14.3. The molecule has 0 spiro atoms. The number of methoxy groups -OCH3 is 1. The van der Waals surface area contributed by atoms with Gasteiger partial charge in [-0.1, -0.05) is 6.07 Å². The Bertz CT molecular complexity index is 520. The van der Waals surface area contributed by atoms with E-state index in [2.05, 4.69) is 4.98 Å². The van der Waals surface area contributed by atoms with Crippen LogP contribution in [0.2, 0.25) is 0 Å². The fourth-order valence-corrected chi connectivity index (χ4v) is 3.00. The van der Waals surface area contributed by atoms with Gasteiger partial charge in [0.2, 0.25) is 5.95 Å². The highest BCUT2D eigenvalue weighted by Gasteiger charge is 2.47. The molecule has 2 fully saturated rings. The SMILES string of the molecule is COC1(C(=O)N2CCN(c3cccc(F)n3)CC2)CCC1. The van der Waals surface area contributed by atoms with Crippen molar-refractivity contribution in [2.45, 2.75) is 24.9 Å². The number of pyridine rings is 1. The summed E-state index contributed by atoms with van der Waals surface area (Å²) < 4.78 is 18.6. The van der Waals surface area contributed by atoms with Gasteiger partial charge >= 0.3 is 0 Å². The lowest BCUT2D eigenvalue weighted by molar-refractivity contribution is -0.166. The molecule has 1 saturated heterocycles. The van der Waals surface area contributed by atoms with E-state index in [-0.39, 0.29) is 5.91 Å². The zero-order valence-corrected chi connectivity index (χ0v) is 12.2. The number of anilines is 1. The Labute approximate surface area is 123 Å². The van der Waals surface area contributed by atoms with E-state index in [1.54, 1.807) is 19.2 Å². The third-order valence-electron chi connectivity index (χ3n) is 4.53. The van der Waals surface area contributed by atoms with Crippen LogP contribution >= 0.6 is 0 Å². The highest BCUT2D eigenvalue weighted by Crippen LogP contribution is 2.37. The molecule has 21 heavy (non-hydrogen) atoms. The minimum Gasteiger partial charge on any atom is -0.368 e. The summed E-state index contributed by atoms with van der Waals surface area (Å²) >= 11 is 0. The molecular formula is C15H20FN3O2. The summed E-state index contributed by atoms with van der Waals surface area (Å²) in [6, 6.07) is 4.79. The second-order valence-corrected chi connectivity index (χ2v) is 5.65. The summed E-state index contributed by atoms with van der Waals surface area (Å²) in [5.74, 6) is 0.258. The van der Waals surface area contributed by atoms with Crippen LogP contribution in [0.15, 0.2) is 18.2 Å². The van der Waals surface area contributed by atoms with Gasteiger partial charge in [-0.3, -0.25) is 4.79 Å². The van der Waals surface area contributed by atoms with Crippen molar-refractivity contribution >= 4 is 11.7 Å². The molecule has 2 heterocycles. The third-order valence-corrected chi connectivity index (χ3v) is 4.53. The Kier molecular flexibility index (Phi) is 3.80. The topological polar surface area (TPSA) is 45.7 Å². The van der Waals surface area contributed by atoms with Gasteiger partial charge in [0.25, 0.3) is 5.91 Å². The predicted octanol–water partition coefficient (Wildman–Crippen LogP) is 1.44. The lowest BCUT2D eigenvalue weighted by Crippen LogP contribution is -2.59. The largest absolute Gasteiger partial charge is 0.368 e. The fraction of sp³-hybridized carbons (Fsp3) is 0.600. The Hall–Kier alpha value is -1.69. The standard InChI is InChI=1S/C15H20FN3O2/c1-21-15(6-3-7-15)14(20)19-10-8-18(9-11-19)13-5-2-4-12(16)17-13/h2,4-5H,3,6-11H2,1H3. The molecule has 5 nitrogen and oxygen atoms in total. The molecular weight excluding hydrogens is 273 g/mol. The highest BCUT2D eigenvalue weighted by molar-refractivity contribution is 5.86. The monoisotopic (exact) mass is 293 g/mol. The van der Waals surface area contributed by atoms with E-state index in [1.165, 1.54) is 6.07 Å². The fourth-order valence-electron chi connectivity index (χ4n) is 3.00. The van der Waals surface area contributed by atoms with Gasteiger partial charge in [0, 0.05) is 33.3 Å². The number of ether oxygens (including phenoxy) is 1. The first-order valence-corrected chi connectivity index (χ1v) is 7.37. The molecule has 1 aliphatic carbocycles. The number of halogens is 1. The summed E-state index contributed by atoms with van der Waals surface area (Å²) in [5, 5.41) is 0. The van der Waals surface area contributed by atoms with Crippen molar-refractivity contribution in [3.05, 3.63) is 24.1 Å².